The second kappa shape index (κ2) is 6.27. The summed E-state index contributed by atoms with van der Waals surface area (Å²) in [6.07, 6.45) is 3.51. The molecule has 3 heteroatoms. The van der Waals surface area contributed by atoms with Crippen molar-refractivity contribution in [2.24, 2.45) is 5.41 Å². The minimum Gasteiger partial charge on any atom is -0.311 e. The molecule has 2 atom stereocenters. The number of nitrogens with one attached hydrogen (secondary N) is 1. The molecule has 96 valence electrons. The number of hydrogen-bond acceptors (Lipinski definition) is 3. The molecule has 16 heavy (non-hydrogen) atoms. The Hall–Kier alpha value is 0.270. The molecule has 1 N–H and O–H groups in total. The highest BCUT2D eigenvalue weighted by atomic mass is 32.2. The first-order valence-electron chi connectivity index (χ1n) is 6.41. The van der Waals surface area contributed by atoms with Crippen LogP contribution in [0.25, 0.3) is 0 Å². The van der Waals surface area contributed by atoms with Crippen molar-refractivity contribution in [3.8, 4) is 0 Å². The molecule has 2 nitrogen and oxygen atoms in total. The van der Waals surface area contributed by atoms with Gasteiger partial charge in [-0.25, -0.2) is 0 Å². The molecule has 1 heterocycles. The van der Waals surface area contributed by atoms with Crippen LogP contribution in [0, 0.1) is 5.41 Å². The zero-order valence-electron chi connectivity index (χ0n) is 11.5. The molecule has 0 amide bonds. The summed E-state index contributed by atoms with van der Waals surface area (Å²) in [4.78, 5) is 2.66. The Morgan fingerprint density at radius 2 is 2.12 bits per heavy atom. The third kappa shape index (κ3) is 4.27. The molecule has 0 aromatic heterocycles. The first-order chi connectivity index (χ1) is 7.45. The van der Waals surface area contributed by atoms with E-state index in [1.807, 2.05) is 11.8 Å². The van der Waals surface area contributed by atoms with E-state index in [9.17, 15) is 0 Å². The minimum atomic E-state index is 0.373. The summed E-state index contributed by atoms with van der Waals surface area (Å²) in [6, 6.07) is 1.37. The van der Waals surface area contributed by atoms with Crippen molar-refractivity contribution in [2.75, 3.05) is 31.6 Å². The zero-order valence-corrected chi connectivity index (χ0v) is 12.4. The Kier molecular flexibility index (Phi) is 5.62. The average Bonchev–Trinajstić information content (AvgIpc) is 2.25. The smallest absolute Gasteiger partial charge is 0.0244 e. The summed E-state index contributed by atoms with van der Waals surface area (Å²) in [5, 5.41) is 3.65. The van der Waals surface area contributed by atoms with Gasteiger partial charge in [0.2, 0.25) is 0 Å². The highest BCUT2D eigenvalue weighted by molar-refractivity contribution is 7.98. The summed E-state index contributed by atoms with van der Waals surface area (Å²) in [6.45, 7) is 12.9. The van der Waals surface area contributed by atoms with Gasteiger partial charge in [0.05, 0.1) is 0 Å². The van der Waals surface area contributed by atoms with Crippen molar-refractivity contribution in [1.29, 1.82) is 0 Å². The summed E-state index contributed by atoms with van der Waals surface area (Å²) in [5.41, 5.74) is 0.373. The summed E-state index contributed by atoms with van der Waals surface area (Å²) in [7, 11) is 0. The van der Waals surface area contributed by atoms with Gasteiger partial charge >= 0.3 is 0 Å². The topological polar surface area (TPSA) is 15.3 Å². The number of piperazine rings is 1. The molecule has 0 aromatic rings. The van der Waals surface area contributed by atoms with E-state index in [0.29, 0.717) is 11.5 Å². The molecule has 0 radical (unpaired) electrons. The lowest BCUT2D eigenvalue weighted by Crippen LogP contribution is -2.57. The maximum Gasteiger partial charge on any atom is 0.0244 e. The van der Waals surface area contributed by atoms with Gasteiger partial charge in [0, 0.05) is 31.7 Å². The summed E-state index contributed by atoms with van der Waals surface area (Å²) in [5.74, 6) is 1.28. The Balaban J connectivity index is 2.43. The molecular weight excluding hydrogens is 216 g/mol. The fourth-order valence-electron chi connectivity index (χ4n) is 2.22. The van der Waals surface area contributed by atoms with Crippen LogP contribution in [0.15, 0.2) is 0 Å². The maximum absolute atomic E-state index is 3.65. The molecule has 0 spiro atoms. The third-order valence-corrected chi connectivity index (χ3v) is 4.26. The molecule has 1 aliphatic heterocycles. The molecule has 1 saturated heterocycles. The van der Waals surface area contributed by atoms with Crippen LogP contribution >= 0.6 is 11.8 Å². The molecule has 0 aliphatic carbocycles. The van der Waals surface area contributed by atoms with Crippen molar-refractivity contribution >= 4 is 11.8 Å². The predicted octanol–water partition coefficient (Wildman–Crippen LogP) is 2.45. The average molecular weight is 244 g/mol. The monoisotopic (exact) mass is 244 g/mol. The van der Waals surface area contributed by atoms with Crippen molar-refractivity contribution in [1.82, 2.24) is 10.2 Å². The van der Waals surface area contributed by atoms with Gasteiger partial charge in [0.15, 0.2) is 0 Å². The first-order valence-corrected chi connectivity index (χ1v) is 7.81. The second-order valence-electron chi connectivity index (χ2n) is 6.00. The van der Waals surface area contributed by atoms with Gasteiger partial charge in [-0.3, -0.25) is 4.90 Å². The van der Waals surface area contributed by atoms with Gasteiger partial charge in [-0.05, 0) is 30.8 Å². The largest absolute Gasteiger partial charge is 0.311 e. The van der Waals surface area contributed by atoms with E-state index in [0.717, 1.165) is 12.6 Å². The highest BCUT2D eigenvalue weighted by Crippen LogP contribution is 2.23. The lowest BCUT2D eigenvalue weighted by atomic mass is 9.85. The lowest BCUT2D eigenvalue weighted by molar-refractivity contribution is 0.103. The van der Waals surface area contributed by atoms with Crippen molar-refractivity contribution in [2.45, 2.75) is 46.2 Å². The van der Waals surface area contributed by atoms with Crippen LogP contribution in [0.4, 0.5) is 0 Å². The quantitative estimate of drug-likeness (QED) is 0.818. The lowest BCUT2D eigenvalue weighted by Gasteiger charge is -2.43. The number of rotatable bonds is 4. The Labute approximate surface area is 106 Å². The van der Waals surface area contributed by atoms with Gasteiger partial charge in [-0.2, -0.15) is 11.8 Å². The standard InChI is InChI=1S/C13H28N2S/c1-11(6-9-16-5)15-8-7-14-12(10-15)13(2,3)4/h11-12,14H,6-10H2,1-5H3. The van der Waals surface area contributed by atoms with E-state index in [4.69, 9.17) is 0 Å². The number of thioether (sulfide) groups is 1. The van der Waals surface area contributed by atoms with Crippen molar-refractivity contribution in [3.05, 3.63) is 0 Å². The molecular formula is C13H28N2S. The van der Waals surface area contributed by atoms with Crippen molar-refractivity contribution in [3.63, 3.8) is 0 Å². The molecule has 1 rings (SSSR count). The molecule has 2 unspecified atom stereocenters. The molecule has 0 bridgehead atoms. The maximum atomic E-state index is 3.65. The van der Waals surface area contributed by atoms with Crippen molar-refractivity contribution < 1.29 is 0 Å². The van der Waals surface area contributed by atoms with E-state index in [1.165, 1.54) is 25.3 Å². The van der Waals surface area contributed by atoms with Crippen LogP contribution in [-0.2, 0) is 0 Å². The van der Waals surface area contributed by atoms with E-state index in [2.05, 4.69) is 44.2 Å². The molecule has 0 saturated carbocycles. The number of nitrogens with zero attached hydrogens (tertiary/aromatic N) is 1. The Morgan fingerprint density at radius 1 is 1.44 bits per heavy atom. The van der Waals surface area contributed by atoms with E-state index < -0.39 is 0 Å². The van der Waals surface area contributed by atoms with Gasteiger partial charge in [-0.15, -0.1) is 0 Å². The molecule has 1 fully saturated rings. The fourth-order valence-corrected chi connectivity index (χ4v) is 2.80. The van der Waals surface area contributed by atoms with Crippen LogP contribution in [0.2, 0.25) is 0 Å². The number of hydrogen-bond donors (Lipinski definition) is 1. The normalized spacial score (nSPS) is 25.7. The first kappa shape index (κ1) is 14.3. The fraction of sp³-hybridized carbons (Fsp3) is 1.00. The van der Waals surface area contributed by atoms with Crippen LogP contribution in [0.5, 0.6) is 0 Å². The van der Waals surface area contributed by atoms with Gasteiger partial charge in [0.25, 0.3) is 0 Å². The van der Waals surface area contributed by atoms with Crippen LogP contribution < -0.4 is 5.32 Å². The van der Waals surface area contributed by atoms with Crippen LogP contribution in [0.3, 0.4) is 0 Å². The predicted molar refractivity (Wildman–Crippen MR) is 75.3 cm³/mol. The van der Waals surface area contributed by atoms with Gasteiger partial charge in [-0.1, -0.05) is 20.8 Å². The highest BCUT2D eigenvalue weighted by Gasteiger charge is 2.30. The van der Waals surface area contributed by atoms with E-state index in [-0.39, 0.29) is 0 Å². The Morgan fingerprint density at radius 3 is 2.69 bits per heavy atom. The van der Waals surface area contributed by atoms with E-state index in [1.54, 1.807) is 0 Å². The summed E-state index contributed by atoms with van der Waals surface area (Å²) >= 11 is 1.96. The summed E-state index contributed by atoms with van der Waals surface area (Å²) < 4.78 is 0. The van der Waals surface area contributed by atoms with E-state index >= 15 is 0 Å². The Bertz CT molecular complexity index is 201. The second-order valence-corrected chi connectivity index (χ2v) is 6.98. The zero-order chi connectivity index (χ0) is 12.2. The molecule has 1 aliphatic rings. The van der Waals surface area contributed by atoms with Crippen LogP contribution in [0.1, 0.15) is 34.1 Å². The minimum absolute atomic E-state index is 0.373. The van der Waals surface area contributed by atoms with Gasteiger partial charge < -0.3 is 5.32 Å². The molecule has 0 aromatic carbocycles. The van der Waals surface area contributed by atoms with Crippen LogP contribution in [-0.4, -0.2) is 48.6 Å². The SMILES string of the molecule is CSCCC(C)N1CCNC(C(C)(C)C)C1. The third-order valence-electron chi connectivity index (χ3n) is 3.62. The van der Waals surface area contributed by atoms with Gasteiger partial charge in [0.1, 0.15) is 0 Å².